The van der Waals surface area contributed by atoms with Gasteiger partial charge in [0, 0.05) is 12.6 Å². The smallest absolute Gasteiger partial charge is 0.307 e. The van der Waals surface area contributed by atoms with Gasteiger partial charge in [0.25, 0.3) is 0 Å². The number of hydrogen-bond acceptors (Lipinski definition) is 4. The van der Waals surface area contributed by atoms with Gasteiger partial charge in [0.15, 0.2) is 0 Å². The maximum Gasteiger partial charge on any atom is 0.307 e. The highest BCUT2D eigenvalue weighted by Gasteiger charge is 2.27. The molecule has 1 N–H and O–H groups in total. The van der Waals surface area contributed by atoms with Crippen molar-refractivity contribution < 1.29 is 14.6 Å². The first-order valence-corrected chi connectivity index (χ1v) is 5.98. The number of carbonyl (C=O) groups excluding carboxylic acids is 1. The summed E-state index contributed by atoms with van der Waals surface area (Å²) < 4.78 is 4.67. The van der Waals surface area contributed by atoms with Crippen LogP contribution in [0.2, 0.25) is 0 Å². The van der Waals surface area contributed by atoms with Crippen LogP contribution in [0.25, 0.3) is 0 Å². The van der Waals surface area contributed by atoms with Gasteiger partial charge in [0.2, 0.25) is 0 Å². The molecule has 0 aromatic heterocycles. The minimum Gasteiger partial charge on any atom is -0.469 e. The lowest BCUT2D eigenvalue weighted by molar-refractivity contribution is -0.141. The van der Waals surface area contributed by atoms with Crippen molar-refractivity contribution in [3.05, 3.63) is 0 Å². The van der Waals surface area contributed by atoms with Crippen LogP contribution in [0.15, 0.2) is 0 Å². The molecule has 0 spiro atoms. The molecule has 0 aromatic carbocycles. The summed E-state index contributed by atoms with van der Waals surface area (Å²) in [6, 6.07) is 0.196. The van der Waals surface area contributed by atoms with Gasteiger partial charge in [0.1, 0.15) is 0 Å². The number of nitrogens with zero attached hydrogens (tertiary/aromatic N) is 1. The predicted octanol–water partition coefficient (Wildman–Crippen LogP) is 1.17. The van der Waals surface area contributed by atoms with E-state index < -0.39 is 5.60 Å². The number of carbonyl (C=O) groups is 1. The molecule has 4 heteroatoms. The topological polar surface area (TPSA) is 49.8 Å². The lowest BCUT2D eigenvalue weighted by Gasteiger charge is -2.27. The number of aliphatic hydroxyl groups is 1. The van der Waals surface area contributed by atoms with Gasteiger partial charge < -0.3 is 9.84 Å². The Balaban J connectivity index is 2.45. The Morgan fingerprint density at radius 2 is 2.19 bits per heavy atom. The van der Waals surface area contributed by atoms with Gasteiger partial charge in [-0.2, -0.15) is 0 Å². The van der Waals surface area contributed by atoms with Crippen LogP contribution in [0, 0.1) is 0 Å². The van der Waals surface area contributed by atoms with Gasteiger partial charge >= 0.3 is 5.97 Å². The van der Waals surface area contributed by atoms with E-state index >= 15 is 0 Å². The number of likely N-dealkylation sites (tertiary alicyclic amines) is 1. The van der Waals surface area contributed by atoms with E-state index in [9.17, 15) is 9.90 Å². The maximum atomic E-state index is 11.2. The van der Waals surface area contributed by atoms with Crippen molar-refractivity contribution in [2.75, 3.05) is 20.2 Å². The van der Waals surface area contributed by atoms with Crippen LogP contribution in [0.5, 0.6) is 0 Å². The minimum atomic E-state index is -0.542. The highest BCUT2D eigenvalue weighted by atomic mass is 16.5. The number of esters is 1. The van der Waals surface area contributed by atoms with Crippen molar-refractivity contribution in [1.29, 1.82) is 0 Å². The minimum absolute atomic E-state index is 0.163. The van der Waals surface area contributed by atoms with Crippen molar-refractivity contribution in [3.8, 4) is 0 Å². The summed E-state index contributed by atoms with van der Waals surface area (Å²) in [5.74, 6) is -0.163. The fourth-order valence-electron chi connectivity index (χ4n) is 2.18. The summed E-state index contributed by atoms with van der Waals surface area (Å²) in [5, 5.41) is 9.96. The van der Waals surface area contributed by atoms with Gasteiger partial charge in [0.05, 0.1) is 19.1 Å². The lowest BCUT2D eigenvalue weighted by Crippen LogP contribution is -2.36. The Morgan fingerprint density at radius 3 is 2.81 bits per heavy atom. The third-order valence-electron chi connectivity index (χ3n) is 3.41. The first-order chi connectivity index (χ1) is 7.44. The SMILES string of the molecule is COC(=O)CC(C)N1CCCC(C)(O)CC1. The van der Waals surface area contributed by atoms with Crippen LogP contribution in [0.1, 0.15) is 39.5 Å². The Kier molecular flexibility index (Phi) is 4.74. The second kappa shape index (κ2) is 5.64. The van der Waals surface area contributed by atoms with Crippen molar-refractivity contribution in [2.24, 2.45) is 0 Å². The molecule has 2 atom stereocenters. The molecule has 0 aromatic rings. The van der Waals surface area contributed by atoms with E-state index in [1.165, 1.54) is 7.11 Å². The quantitative estimate of drug-likeness (QED) is 0.738. The average molecular weight is 229 g/mol. The summed E-state index contributed by atoms with van der Waals surface area (Å²) in [7, 11) is 1.42. The molecule has 0 bridgehead atoms. The molecular weight excluding hydrogens is 206 g/mol. The van der Waals surface area contributed by atoms with Crippen molar-refractivity contribution in [2.45, 2.75) is 51.2 Å². The molecule has 0 radical (unpaired) electrons. The van der Waals surface area contributed by atoms with Gasteiger partial charge in [-0.05, 0) is 39.7 Å². The normalized spacial score (nSPS) is 29.5. The van der Waals surface area contributed by atoms with E-state index in [0.717, 1.165) is 32.4 Å². The molecule has 1 aliphatic rings. The molecule has 94 valence electrons. The van der Waals surface area contributed by atoms with E-state index in [1.807, 2.05) is 13.8 Å². The molecule has 1 aliphatic heterocycles. The van der Waals surface area contributed by atoms with Crippen LogP contribution >= 0.6 is 0 Å². The van der Waals surface area contributed by atoms with E-state index in [1.54, 1.807) is 0 Å². The molecule has 1 heterocycles. The van der Waals surface area contributed by atoms with Crippen molar-refractivity contribution in [3.63, 3.8) is 0 Å². The van der Waals surface area contributed by atoms with E-state index in [-0.39, 0.29) is 12.0 Å². The maximum absolute atomic E-state index is 11.2. The van der Waals surface area contributed by atoms with Gasteiger partial charge in [-0.25, -0.2) is 0 Å². The number of ether oxygens (including phenoxy) is 1. The van der Waals surface area contributed by atoms with Crippen LogP contribution < -0.4 is 0 Å². The molecule has 1 saturated heterocycles. The van der Waals surface area contributed by atoms with Gasteiger partial charge in [-0.1, -0.05) is 0 Å². The molecule has 16 heavy (non-hydrogen) atoms. The largest absolute Gasteiger partial charge is 0.469 e. The highest BCUT2D eigenvalue weighted by molar-refractivity contribution is 5.69. The van der Waals surface area contributed by atoms with Crippen molar-refractivity contribution >= 4 is 5.97 Å². The molecule has 2 unspecified atom stereocenters. The standard InChI is InChI=1S/C12H23NO3/c1-10(9-11(14)16-3)13-7-4-5-12(2,15)6-8-13/h10,15H,4-9H2,1-3H3. The fraction of sp³-hybridized carbons (Fsp3) is 0.917. The van der Waals surface area contributed by atoms with Crippen LogP contribution in [-0.2, 0) is 9.53 Å². The zero-order valence-corrected chi connectivity index (χ0v) is 10.5. The molecule has 0 saturated carbocycles. The molecule has 0 amide bonds. The second-order valence-corrected chi connectivity index (χ2v) is 5.02. The Hall–Kier alpha value is -0.610. The number of methoxy groups -OCH3 is 1. The number of hydrogen-bond donors (Lipinski definition) is 1. The Morgan fingerprint density at radius 1 is 1.50 bits per heavy atom. The summed E-state index contributed by atoms with van der Waals surface area (Å²) in [5.41, 5.74) is -0.542. The molecular formula is C12H23NO3. The van der Waals surface area contributed by atoms with E-state index in [2.05, 4.69) is 9.64 Å². The molecule has 4 nitrogen and oxygen atoms in total. The average Bonchev–Trinajstić information content (AvgIpc) is 2.39. The van der Waals surface area contributed by atoms with Crippen LogP contribution in [0.4, 0.5) is 0 Å². The fourth-order valence-corrected chi connectivity index (χ4v) is 2.18. The van der Waals surface area contributed by atoms with Gasteiger partial charge in [-0.15, -0.1) is 0 Å². The van der Waals surface area contributed by atoms with E-state index in [0.29, 0.717) is 6.42 Å². The highest BCUT2D eigenvalue weighted by Crippen LogP contribution is 2.23. The zero-order chi connectivity index (χ0) is 12.2. The summed E-state index contributed by atoms with van der Waals surface area (Å²) >= 11 is 0. The third-order valence-corrected chi connectivity index (χ3v) is 3.41. The van der Waals surface area contributed by atoms with Crippen molar-refractivity contribution in [1.82, 2.24) is 4.90 Å². The summed E-state index contributed by atoms with van der Waals surface area (Å²) in [4.78, 5) is 13.4. The first kappa shape index (κ1) is 13.5. The van der Waals surface area contributed by atoms with Crippen LogP contribution in [0.3, 0.4) is 0 Å². The van der Waals surface area contributed by atoms with E-state index in [4.69, 9.17) is 0 Å². The zero-order valence-electron chi connectivity index (χ0n) is 10.5. The summed E-state index contributed by atoms with van der Waals surface area (Å²) in [6.07, 6.45) is 3.03. The first-order valence-electron chi connectivity index (χ1n) is 5.98. The monoisotopic (exact) mass is 229 g/mol. The Labute approximate surface area is 97.6 Å². The predicted molar refractivity (Wildman–Crippen MR) is 62.1 cm³/mol. The third kappa shape index (κ3) is 4.10. The second-order valence-electron chi connectivity index (χ2n) is 5.02. The molecule has 1 fully saturated rings. The number of rotatable bonds is 3. The van der Waals surface area contributed by atoms with Crippen LogP contribution in [-0.4, -0.2) is 47.8 Å². The lowest BCUT2D eigenvalue weighted by atomic mass is 9.98. The molecule has 1 rings (SSSR count). The van der Waals surface area contributed by atoms with Gasteiger partial charge in [-0.3, -0.25) is 9.69 Å². The summed E-state index contributed by atoms with van der Waals surface area (Å²) in [6.45, 7) is 5.73. The Bertz CT molecular complexity index is 240. The molecule has 0 aliphatic carbocycles.